The van der Waals surface area contributed by atoms with Gasteiger partial charge in [0.2, 0.25) is 0 Å². The molecule has 0 fully saturated rings. The van der Waals surface area contributed by atoms with E-state index in [4.69, 9.17) is 15.3 Å². The number of rotatable bonds is 4. The molecule has 1 atom stereocenters. The molecule has 0 aliphatic carbocycles. The molecule has 1 rings (SSSR count). The van der Waals surface area contributed by atoms with E-state index in [1.807, 2.05) is 26.0 Å². The molecule has 0 aliphatic heterocycles. The van der Waals surface area contributed by atoms with Crippen molar-refractivity contribution in [2.45, 2.75) is 26.9 Å². The Labute approximate surface area is 134 Å². The molecule has 1 unspecified atom stereocenters. The summed E-state index contributed by atoms with van der Waals surface area (Å²) in [5, 5.41) is 9.21. The number of aliphatic hydroxyl groups is 1. The average Bonchev–Trinajstić information content (AvgIpc) is 2.25. The van der Waals surface area contributed by atoms with Crippen molar-refractivity contribution < 1.29 is 47.3 Å². The van der Waals surface area contributed by atoms with Crippen LogP contribution in [0.4, 0.5) is 0 Å². The van der Waals surface area contributed by atoms with Gasteiger partial charge in [-0.3, -0.25) is 6.29 Å². The molecule has 3 N–H and O–H groups in total. The Morgan fingerprint density at radius 3 is 2.17 bits per heavy atom. The second kappa shape index (κ2) is 11.8. The average molecular weight is 327 g/mol. The summed E-state index contributed by atoms with van der Waals surface area (Å²) in [7, 11) is 0. The van der Waals surface area contributed by atoms with Crippen molar-refractivity contribution in [3.05, 3.63) is 29.3 Å². The van der Waals surface area contributed by atoms with E-state index in [0.717, 1.165) is 16.9 Å². The standard InChI is InChI=1S/C11H17NO2.C2H3O.Y/c1-8-3-9(2)5-11(4-8)14-7-10(13)6-12;1-2-3;/h3-5,10,13H,6-7,12H2,1-2H3;1H3;/q;-1;. The quantitative estimate of drug-likeness (QED) is 0.813. The Kier molecular flexibility index (Phi) is 13.1. The van der Waals surface area contributed by atoms with E-state index in [1.165, 1.54) is 13.2 Å². The second-order valence-electron chi connectivity index (χ2n) is 3.73. The molecule has 0 amide bonds. The van der Waals surface area contributed by atoms with E-state index >= 15 is 0 Å². The zero-order valence-electron chi connectivity index (χ0n) is 11.1. The number of hydrogen-bond donors (Lipinski definition) is 2. The number of aryl methyl sites for hydroxylation is 2. The third kappa shape index (κ3) is 9.71. The van der Waals surface area contributed by atoms with E-state index in [9.17, 15) is 5.11 Å². The first-order chi connectivity index (χ1) is 8.03. The number of nitrogens with two attached hydrogens (primary N) is 1. The molecule has 0 heterocycles. The van der Waals surface area contributed by atoms with E-state index in [-0.39, 0.29) is 45.9 Å². The molecule has 0 spiro atoms. The molecular formula is C13H20NO3Y-. The van der Waals surface area contributed by atoms with Gasteiger partial charge >= 0.3 is 0 Å². The van der Waals surface area contributed by atoms with Crippen molar-refractivity contribution in [2.75, 3.05) is 13.2 Å². The number of carbonyl (C=O) groups excluding carboxylic acids is 1. The predicted octanol–water partition coefficient (Wildman–Crippen LogP) is 1.12. The van der Waals surface area contributed by atoms with Gasteiger partial charge in [-0.25, -0.2) is 0 Å². The van der Waals surface area contributed by atoms with Crippen LogP contribution in [0.3, 0.4) is 0 Å². The molecule has 1 aromatic carbocycles. The van der Waals surface area contributed by atoms with Crippen molar-refractivity contribution in [1.29, 1.82) is 0 Å². The molecule has 5 heteroatoms. The summed E-state index contributed by atoms with van der Waals surface area (Å²) in [6, 6.07) is 5.96. The van der Waals surface area contributed by atoms with Crippen LogP contribution in [0.15, 0.2) is 18.2 Å². The minimum atomic E-state index is -0.587. The fourth-order valence-corrected chi connectivity index (χ4v) is 1.28. The molecule has 0 saturated heterocycles. The third-order valence-corrected chi connectivity index (χ3v) is 1.91. The Balaban J connectivity index is 0. The minimum Gasteiger partial charge on any atom is -0.542 e. The first-order valence-corrected chi connectivity index (χ1v) is 5.41. The van der Waals surface area contributed by atoms with Gasteiger partial charge in [-0.05, 0) is 37.1 Å². The molecule has 4 nitrogen and oxygen atoms in total. The van der Waals surface area contributed by atoms with Crippen LogP contribution in [-0.4, -0.2) is 30.6 Å². The fourth-order valence-electron chi connectivity index (χ4n) is 1.28. The van der Waals surface area contributed by atoms with Crippen LogP contribution in [0.1, 0.15) is 18.1 Å². The molecule has 18 heavy (non-hydrogen) atoms. The smallest absolute Gasteiger partial charge is 0.119 e. The predicted molar refractivity (Wildman–Crippen MR) is 67.8 cm³/mol. The van der Waals surface area contributed by atoms with Gasteiger partial charge in [-0.2, -0.15) is 6.92 Å². The van der Waals surface area contributed by atoms with Gasteiger partial charge in [-0.15, -0.1) is 0 Å². The van der Waals surface area contributed by atoms with Crippen molar-refractivity contribution >= 4 is 6.29 Å². The molecule has 0 aliphatic rings. The third-order valence-electron chi connectivity index (χ3n) is 1.91. The van der Waals surface area contributed by atoms with Crippen LogP contribution in [0.2, 0.25) is 0 Å². The van der Waals surface area contributed by atoms with Gasteiger partial charge in [-0.1, -0.05) is 6.07 Å². The van der Waals surface area contributed by atoms with Gasteiger partial charge < -0.3 is 20.4 Å². The SMILES string of the molecule is C[C-]=O.Cc1cc(C)cc(OCC(O)CN)c1.[Y]. The second-order valence-corrected chi connectivity index (χ2v) is 3.73. The summed E-state index contributed by atoms with van der Waals surface area (Å²) in [6.45, 7) is 5.82. The summed E-state index contributed by atoms with van der Waals surface area (Å²) in [5.41, 5.74) is 7.58. The Morgan fingerprint density at radius 1 is 1.33 bits per heavy atom. The summed E-state index contributed by atoms with van der Waals surface area (Å²) in [4.78, 5) is 8.68. The van der Waals surface area contributed by atoms with Gasteiger partial charge in [0.25, 0.3) is 0 Å². The summed E-state index contributed by atoms with van der Waals surface area (Å²) in [6.07, 6.45) is 0.913. The molecule has 0 aromatic heterocycles. The molecular weight excluding hydrogens is 307 g/mol. The van der Waals surface area contributed by atoms with E-state index < -0.39 is 6.10 Å². The maximum atomic E-state index is 9.21. The van der Waals surface area contributed by atoms with Crippen LogP contribution >= 0.6 is 0 Å². The number of benzene rings is 1. The zero-order chi connectivity index (χ0) is 13.3. The largest absolute Gasteiger partial charge is 0.542 e. The van der Waals surface area contributed by atoms with Crippen molar-refractivity contribution in [2.24, 2.45) is 5.73 Å². The number of ether oxygens (including phenoxy) is 1. The monoisotopic (exact) mass is 327 g/mol. The van der Waals surface area contributed by atoms with Crippen molar-refractivity contribution in [3.8, 4) is 5.75 Å². The summed E-state index contributed by atoms with van der Waals surface area (Å²) < 4.78 is 5.39. The fraction of sp³-hybridized carbons (Fsp3) is 0.462. The van der Waals surface area contributed by atoms with Crippen LogP contribution in [0.5, 0.6) is 5.75 Å². The number of aliphatic hydroxyl groups excluding tert-OH is 1. The topological polar surface area (TPSA) is 72.5 Å². The molecule has 1 aromatic rings. The van der Waals surface area contributed by atoms with Gasteiger partial charge in [0.15, 0.2) is 0 Å². The summed E-state index contributed by atoms with van der Waals surface area (Å²) >= 11 is 0. The Morgan fingerprint density at radius 2 is 1.78 bits per heavy atom. The molecule has 0 saturated carbocycles. The van der Waals surface area contributed by atoms with E-state index in [2.05, 4.69) is 6.07 Å². The first-order valence-electron chi connectivity index (χ1n) is 5.41. The number of hydrogen-bond acceptors (Lipinski definition) is 4. The van der Waals surface area contributed by atoms with Gasteiger partial charge in [0, 0.05) is 39.3 Å². The summed E-state index contributed by atoms with van der Waals surface area (Å²) in [5.74, 6) is 0.787. The normalized spacial score (nSPS) is 10.5. The first kappa shape index (κ1) is 20.0. The molecule has 99 valence electrons. The maximum absolute atomic E-state index is 9.21. The Hall–Kier alpha value is -0.286. The van der Waals surface area contributed by atoms with Crippen LogP contribution in [0.25, 0.3) is 0 Å². The van der Waals surface area contributed by atoms with Crippen molar-refractivity contribution in [1.82, 2.24) is 0 Å². The zero-order valence-corrected chi connectivity index (χ0v) is 14.0. The van der Waals surface area contributed by atoms with Crippen LogP contribution < -0.4 is 10.5 Å². The maximum Gasteiger partial charge on any atom is 0.119 e. The van der Waals surface area contributed by atoms with E-state index in [1.54, 1.807) is 0 Å². The minimum absolute atomic E-state index is 0. The Bertz CT molecular complexity index is 325. The molecule has 0 bridgehead atoms. The van der Waals surface area contributed by atoms with Gasteiger partial charge in [0.05, 0.1) is 0 Å². The van der Waals surface area contributed by atoms with Crippen LogP contribution in [0, 0.1) is 13.8 Å². The van der Waals surface area contributed by atoms with Crippen LogP contribution in [-0.2, 0) is 37.5 Å². The molecule has 1 radical (unpaired) electrons. The van der Waals surface area contributed by atoms with Gasteiger partial charge in [0.1, 0.15) is 18.5 Å². The van der Waals surface area contributed by atoms with Crippen molar-refractivity contribution in [3.63, 3.8) is 0 Å². The van der Waals surface area contributed by atoms with E-state index in [0.29, 0.717) is 0 Å².